The molecule has 0 saturated carbocycles. The minimum Gasteiger partial charge on any atom is -0.385 e. The van der Waals surface area contributed by atoms with Crippen molar-refractivity contribution < 1.29 is 4.74 Å². The highest BCUT2D eigenvalue weighted by Gasteiger charge is 2.01. The normalized spacial score (nSPS) is 12.2. The van der Waals surface area contributed by atoms with Crippen molar-refractivity contribution in [2.24, 2.45) is 4.99 Å². The molecule has 0 aliphatic rings. The van der Waals surface area contributed by atoms with Crippen molar-refractivity contribution in [3.63, 3.8) is 0 Å². The summed E-state index contributed by atoms with van der Waals surface area (Å²) >= 11 is 0. The Balaban J connectivity index is 3.64. The lowest BCUT2D eigenvalue weighted by atomic mass is 10.4. The monoisotopic (exact) mass is 287 g/mol. The van der Waals surface area contributed by atoms with Crippen molar-refractivity contribution in [1.82, 2.24) is 20.4 Å². The van der Waals surface area contributed by atoms with Gasteiger partial charge in [-0.25, -0.2) is 0 Å². The number of aliphatic imine (C=N–C) groups is 1. The lowest BCUT2D eigenvalue weighted by Crippen LogP contribution is -2.43. The second kappa shape index (κ2) is 13.1. The third-order valence-electron chi connectivity index (χ3n) is 3.22. The first kappa shape index (κ1) is 19.1. The van der Waals surface area contributed by atoms with Crippen molar-refractivity contribution in [2.75, 3.05) is 74.1 Å². The highest BCUT2D eigenvalue weighted by molar-refractivity contribution is 5.79. The molecule has 6 heteroatoms. The van der Waals surface area contributed by atoms with Crippen LogP contribution in [-0.2, 0) is 4.74 Å². The van der Waals surface area contributed by atoms with Gasteiger partial charge in [-0.1, -0.05) is 6.92 Å². The number of ether oxygens (including phenoxy) is 1. The second-order valence-corrected chi connectivity index (χ2v) is 4.97. The Bertz CT molecular complexity index is 248. The van der Waals surface area contributed by atoms with Crippen LogP contribution in [0.2, 0.25) is 0 Å². The Morgan fingerprint density at radius 1 is 1.05 bits per heavy atom. The van der Waals surface area contributed by atoms with Crippen molar-refractivity contribution in [2.45, 2.75) is 13.3 Å². The summed E-state index contributed by atoms with van der Waals surface area (Å²) < 4.78 is 5.05. The van der Waals surface area contributed by atoms with Gasteiger partial charge in [-0.05, 0) is 27.1 Å². The molecule has 0 unspecified atom stereocenters. The van der Waals surface area contributed by atoms with Gasteiger partial charge in [-0.3, -0.25) is 4.99 Å². The van der Waals surface area contributed by atoms with Crippen LogP contribution in [0.25, 0.3) is 0 Å². The smallest absolute Gasteiger partial charge is 0.191 e. The van der Waals surface area contributed by atoms with E-state index in [2.05, 4.69) is 46.4 Å². The molecule has 0 aliphatic heterocycles. The van der Waals surface area contributed by atoms with Crippen LogP contribution >= 0.6 is 0 Å². The fraction of sp³-hybridized carbons (Fsp3) is 0.929. The van der Waals surface area contributed by atoms with E-state index in [0.29, 0.717) is 0 Å². The van der Waals surface area contributed by atoms with Crippen molar-refractivity contribution >= 4 is 5.96 Å². The van der Waals surface area contributed by atoms with Crippen molar-refractivity contribution in [3.8, 4) is 0 Å². The minimum absolute atomic E-state index is 0.825. The largest absolute Gasteiger partial charge is 0.385 e. The lowest BCUT2D eigenvalue weighted by Gasteiger charge is -2.19. The van der Waals surface area contributed by atoms with Crippen LogP contribution in [0, 0.1) is 0 Å². The van der Waals surface area contributed by atoms with Gasteiger partial charge < -0.3 is 25.2 Å². The molecule has 0 radical (unpaired) electrons. The van der Waals surface area contributed by atoms with Gasteiger partial charge in [-0.2, -0.15) is 0 Å². The number of likely N-dealkylation sites (N-methyl/N-ethyl adjacent to an activating group) is 2. The van der Waals surface area contributed by atoms with Crippen LogP contribution in [0.1, 0.15) is 13.3 Å². The zero-order chi connectivity index (χ0) is 15.2. The molecule has 0 heterocycles. The maximum absolute atomic E-state index is 5.05. The van der Waals surface area contributed by atoms with Gasteiger partial charge in [0.1, 0.15) is 0 Å². The van der Waals surface area contributed by atoms with E-state index in [9.17, 15) is 0 Å². The molecule has 0 rings (SSSR count). The SMILES string of the molecule is CCN(C)CCNC(=NC)NCCN(C)CCCOC. The van der Waals surface area contributed by atoms with E-state index in [0.717, 1.165) is 58.3 Å². The highest BCUT2D eigenvalue weighted by Crippen LogP contribution is 1.87. The van der Waals surface area contributed by atoms with Crippen LogP contribution in [-0.4, -0.2) is 89.9 Å². The van der Waals surface area contributed by atoms with Gasteiger partial charge in [0.15, 0.2) is 5.96 Å². The summed E-state index contributed by atoms with van der Waals surface area (Å²) in [7, 11) is 7.80. The van der Waals surface area contributed by atoms with Crippen LogP contribution in [0.4, 0.5) is 0 Å². The maximum atomic E-state index is 5.05. The molecule has 0 aromatic heterocycles. The van der Waals surface area contributed by atoms with Gasteiger partial charge in [0.2, 0.25) is 0 Å². The van der Waals surface area contributed by atoms with E-state index in [4.69, 9.17) is 4.74 Å². The number of rotatable bonds is 11. The molecule has 0 aromatic rings. The Hall–Kier alpha value is -0.850. The molecule has 0 amide bonds. The number of nitrogens with one attached hydrogen (secondary N) is 2. The average molecular weight is 287 g/mol. The first-order valence-corrected chi connectivity index (χ1v) is 7.44. The maximum Gasteiger partial charge on any atom is 0.191 e. The Labute approximate surface area is 124 Å². The van der Waals surface area contributed by atoms with Gasteiger partial charge in [0, 0.05) is 53.5 Å². The summed E-state index contributed by atoms with van der Waals surface area (Å²) in [6, 6.07) is 0. The molecule has 6 nitrogen and oxygen atoms in total. The molecule has 0 aromatic carbocycles. The van der Waals surface area contributed by atoms with E-state index in [1.807, 2.05) is 0 Å². The number of nitrogens with zero attached hydrogens (tertiary/aromatic N) is 3. The van der Waals surface area contributed by atoms with Crippen molar-refractivity contribution in [3.05, 3.63) is 0 Å². The highest BCUT2D eigenvalue weighted by atomic mass is 16.5. The summed E-state index contributed by atoms with van der Waals surface area (Å²) in [6.45, 7) is 8.94. The van der Waals surface area contributed by atoms with Crippen LogP contribution < -0.4 is 10.6 Å². The molecule has 0 fully saturated rings. The summed E-state index contributed by atoms with van der Waals surface area (Å²) in [6.07, 6.45) is 1.07. The number of methoxy groups -OCH3 is 1. The molecule has 2 N–H and O–H groups in total. The van der Waals surface area contributed by atoms with E-state index in [-0.39, 0.29) is 0 Å². The fourth-order valence-electron chi connectivity index (χ4n) is 1.70. The zero-order valence-corrected chi connectivity index (χ0v) is 13.9. The standard InChI is InChI=1S/C14H33N5O/c1-6-18(3)11-8-16-14(15-2)17-9-12-19(4)10-7-13-20-5/h6-13H2,1-5H3,(H2,15,16,17). The molecule has 0 spiro atoms. The summed E-state index contributed by atoms with van der Waals surface area (Å²) in [4.78, 5) is 8.78. The topological polar surface area (TPSA) is 52.1 Å². The average Bonchev–Trinajstić information content (AvgIpc) is 2.45. The van der Waals surface area contributed by atoms with E-state index >= 15 is 0 Å². The summed E-state index contributed by atoms with van der Waals surface area (Å²) in [5.74, 6) is 0.875. The number of hydrogen-bond acceptors (Lipinski definition) is 4. The Morgan fingerprint density at radius 3 is 2.15 bits per heavy atom. The van der Waals surface area contributed by atoms with E-state index in [1.54, 1.807) is 14.2 Å². The predicted molar refractivity (Wildman–Crippen MR) is 86.5 cm³/mol. The Morgan fingerprint density at radius 2 is 1.65 bits per heavy atom. The molecule has 0 bridgehead atoms. The van der Waals surface area contributed by atoms with Gasteiger partial charge in [0.25, 0.3) is 0 Å². The summed E-state index contributed by atoms with van der Waals surface area (Å²) in [5.41, 5.74) is 0. The minimum atomic E-state index is 0.825. The first-order valence-electron chi connectivity index (χ1n) is 7.44. The molecule has 20 heavy (non-hydrogen) atoms. The number of guanidine groups is 1. The fourth-order valence-corrected chi connectivity index (χ4v) is 1.70. The van der Waals surface area contributed by atoms with Crippen LogP contribution in [0.5, 0.6) is 0 Å². The molecular weight excluding hydrogens is 254 g/mol. The zero-order valence-electron chi connectivity index (χ0n) is 13.9. The number of hydrogen-bond donors (Lipinski definition) is 2. The molecule has 0 saturated heterocycles. The van der Waals surface area contributed by atoms with Crippen LogP contribution in [0.15, 0.2) is 4.99 Å². The molecular formula is C14H33N5O. The van der Waals surface area contributed by atoms with Gasteiger partial charge in [-0.15, -0.1) is 0 Å². The van der Waals surface area contributed by atoms with Gasteiger partial charge >= 0.3 is 0 Å². The van der Waals surface area contributed by atoms with E-state index in [1.165, 1.54) is 0 Å². The van der Waals surface area contributed by atoms with Crippen LogP contribution in [0.3, 0.4) is 0 Å². The third kappa shape index (κ3) is 11.0. The lowest BCUT2D eigenvalue weighted by molar-refractivity contribution is 0.180. The van der Waals surface area contributed by atoms with Crippen molar-refractivity contribution in [1.29, 1.82) is 0 Å². The Kier molecular flexibility index (Phi) is 12.6. The summed E-state index contributed by atoms with van der Waals surface area (Å²) in [5, 5.41) is 6.65. The molecule has 0 aliphatic carbocycles. The first-order chi connectivity index (χ1) is 9.63. The predicted octanol–water partition coefficient (Wildman–Crippen LogP) is 0.0714. The second-order valence-electron chi connectivity index (χ2n) is 4.97. The molecule has 0 atom stereocenters. The molecule has 120 valence electrons. The third-order valence-corrected chi connectivity index (χ3v) is 3.22. The quantitative estimate of drug-likeness (QED) is 0.320. The van der Waals surface area contributed by atoms with Gasteiger partial charge in [0.05, 0.1) is 0 Å². The van der Waals surface area contributed by atoms with E-state index < -0.39 is 0 Å².